The van der Waals surface area contributed by atoms with Crippen LogP contribution in [0.1, 0.15) is 24.0 Å². The summed E-state index contributed by atoms with van der Waals surface area (Å²) in [6.07, 6.45) is 2.57. The van der Waals surface area contributed by atoms with E-state index in [0.29, 0.717) is 13.2 Å². The molecule has 21 heavy (non-hydrogen) atoms. The number of fused-ring (bicyclic) bond motifs is 1. The summed E-state index contributed by atoms with van der Waals surface area (Å²) >= 11 is 0. The van der Waals surface area contributed by atoms with Crippen LogP contribution >= 0.6 is 0 Å². The summed E-state index contributed by atoms with van der Waals surface area (Å²) in [6, 6.07) is 6.50. The van der Waals surface area contributed by atoms with E-state index in [1.165, 1.54) is 11.1 Å². The van der Waals surface area contributed by atoms with Crippen LogP contribution < -0.4 is 4.74 Å². The van der Waals surface area contributed by atoms with Gasteiger partial charge in [0.25, 0.3) is 0 Å². The molecule has 2 fully saturated rings. The Morgan fingerprint density at radius 3 is 3.05 bits per heavy atom. The van der Waals surface area contributed by atoms with Crippen molar-refractivity contribution < 1.29 is 14.6 Å². The molecule has 4 heteroatoms. The summed E-state index contributed by atoms with van der Waals surface area (Å²) in [6.45, 7) is 2.28. The second kappa shape index (κ2) is 4.45. The summed E-state index contributed by atoms with van der Waals surface area (Å²) in [7, 11) is 3.83. The van der Waals surface area contributed by atoms with E-state index in [2.05, 4.69) is 24.1 Å². The molecule has 1 aliphatic carbocycles. The van der Waals surface area contributed by atoms with Gasteiger partial charge in [-0.15, -0.1) is 0 Å². The average Bonchev–Trinajstić information content (AvgIpc) is 2.50. The third-order valence-electron chi connectivity index (χ3n) is 6.03. The number of rotatable bonds is 1. The van der Waals surface area contributed by atoms with E-state index >= 15 is 0 Å². The zero-order valence-electron chi connectivity index (χ0n) is 12.8. The molecule has 114 valence electrons. The Balaban J connectivity index is 1.94. The van der Waals surface area contributed by atoms with Crippen LogP contribution in [0, 0.1) is 0 Å². The second-order valence-electron chi connectivity index (χ2n) is 6.78. The predicted molar refractivity (Wildman–Crippen MR) is 79.8 cm³/mol. The zero-order chi connectivity index (χ0) is 14.7. The first kappa shape index (κ1) is 13.6. The zero-order valence-corrected chi connectivity index (χ0v) is 12.8. The minimum atomic E-state index is -0.683. The number of likely N-dealkylation sites (tertiary alicyclic amines) is 1. The molecule has 0 spiro atoms. The molecule has 0 unspecified atom stereocenters. The molecule has 0 aromatic heterocycles. The number of likely N-dealkylation sites (N-methyl/N-ethyl adjacent to an activating group) is 1. The molecule has 1 N–H and O–H groups in total. The van der Waals surface area contributed by atoms with Gasteiger partial charge in [0.15, 0.2) is 0 Å². The van der Waals surface area contributed by atoms with E-state index in [-0.39, 0.29) is 11.5 Å². The first-order valence-corrected chi connectivity index (χ1v) is 7.78. The Kier molecular flexibility index (Phi) is 2.87. The van der Waals surface area contributed by atoms with Gasteiger partial charge < -0.3 is 19.5 Å². The number of aliphatic hydroxyl groups is 1. The largest absolute Gasteiger partial charge is 0.497 e. The van der Waals surface area contributed by atoms with Crippen molar-refractivity contribution in [1.82, 2.24) is 4.90 Å². The fourth-order valence-corrected chi connectivity index (χ4v) is 4.78. The van der Waals surface area contributed by atoms with Gasteiger partial charge in [-0.1, -0.05) is 6.07 Å². The first-order valence-electron chi connectivity index (χ1n) is 7.78. The fourth-order valence-electron chi connectivity index (χ4n) is 4.78. The molecule has 4 rings (SSSR count). The number of nitrogens with zero attached hydrogens (tertiary/aromatic N) is 1. The van der Waals surface area contributed by atoms with Crippen LogP contribution in [0.15, 0.2) is 18.2 Å². The topological polar surface area (TPSA) is 41.9 Å². The van der Waals surface area contributed by atoms with Gasteiger partial charge in [-0.05, 0) is 49.7 Å². The Hall–Kier alpha value is -1.10. The monoisotopic (exact) mass is 289 g/mol. The van der Waals surface area contributed by atoms with E-state index in [1.54, 1.807) is 7.11 Å². The highest BCUT2D eigenvalue weighted by molar-refractivity contribution is 5.48. The summed E-state index contributed by atoms with van der Waals surface area (Å²) < 4.78 is 11.2. The van der Waals surface area contributed by atoms with Crippen LogP contribution in [0.4, 0.5) is 0 Å². The molecule has 2 bridgehead atoms. The quantitative estimate of drug-likeness (QED) is 0.847. The number of hydrogen-bond donors (Lipinski definition) is 1. The lowest BCUT2D eigenvalue weighted by Gasteiger charge is -2.62. The molecule has 0 amide bonds. The molecule has 2 heterocycles. The SMILES string of the molecule is COc1ccc2c(c1)[C@]13CCN(C)[C@H](C2)[C@]1(O)CCOC3. The van der Waals surface area contributed by atoms with Gasteiger partial charge in [-0.2, -0.15) is 0 Å². The minimum absolute atomic E-state index is 0.191. The summed E-state index contributed by atoms with van der Waals surface area (Å²) in [5, 5.41) is 11.6. The van der Waals surface area contributed by atoms with E-state index in [1.807, 2.05) is 6.07 Å². The number of methoxy groups -OCH3 is 1. The van der Waals surface area contributed by atoms with E-state index in [9.17, 15) is 5.11 Å². The number of ether oxygens (including phenoxy) is 2. The molecule has 0 saturated carbocycles. The molecule has 3 atom stereocenters. The lowest BCUT2D eigenvalue weighted by atomic mass is 9.53. The lowest BCUT2D eigenvalue weighted by Crippen LogP contribution is -2.73. The van der Waals surface area contributed by atoms with Crippen molar-refractivity contribution in [1.29, 1.82) is 0 Å². The van der Waals surface area contributed by atoms with E-state index in [0.717, 1.165) is 31.6 Å². The standard InChI is InChI=1S/C17H23NO3/c1-18-7-5-16-11-21-8-6-17(16,19)15(18)9-12-3-4-13(20-2)10-14(12)16/h3-4,10,15,19H,5-9,11H2,1-2H3/t15-,16-,17-/m1/s1. The summed E-state index contributed by atoms with van der Waals surface area (Å²) in [5.74, 6) is 0.869. The van der Waals surface area contributed by atoms with Crippen molar-refractivity contribution in [3.8, 4) is 5.75 Å². The smallest absolute Gasteiger partial charge is 0.119 e. The van der Waals surface area contributed by atoms with Crippen LogP contribution in [-0.2, 0) is 16.6 Å². The molecule has 2 saturated heterocycles. The predicted octanol–water partition coefficient (Wildman–Crippen LogP) is 1.34. The highest BCUT2D eigenvalue weighted by atomic mass is 16.5. The van der Waals surface area contributed by atoms with Crippen molar-refractivity contribution >= 4 is 0 Å². The Morgan fingerprint density at radius 1 is 1.38 bits per heavy atom. The molecule has 4 nitrogen and oxygen atoms in total. The number of piperidine rings is 1. The van der Waals surface area contributed by atoms with Crippen LogP contribution in [0.5, 0.6) is 5.75 Å². The van der Waals surface area contributed by atoms with Crippen molar-refractivity contribution in [2.75, 3.05) is 33.9 Å². The lowest BCUT2D eigenvalue weighted by molar-refractivity contribution is -0.198. The minimum Gasteiger partial charge on any atom is -0.497 e. The van der Waals surface area contributed by atoms with Crippen LogP contribution in [-0.4, -0.2) is 55.6 Å². The molecule has 1 aromatic carbocycles. The van der Waals surface area contributed by atoms with Gasteiger partial charge in [-0.3, -0.25) is 0 Å². The van der Waals surface area contributed by atoms with Crippen molar-refractivity contribution in [2.24, 2.45) is 0 Å². The highest BCUT2D eigenvalue weighted by Crippen LogP contribution is 2.54. The molecule has 2 aliphatic heterocycles. The molecular formula is C17H23NO3. The maximum atomic E-state index is 11.6. The third kappa shape index (κ3) is 1.61. The summed E-state index contributed by atoms with van der Waals surface area (Å²) in [5.41, 5.74) is 1.62. The Bertz CT molecular complexity index is 575. The van der Waals surface area contributed by atoms with Crippen LogP contribution in [0.2, 0.25) is 0 Å². The van der Waals surface area contributed by atoms with Crippen molar-refractivity contribution in [3.05, 3.63) is 29.3 Å². The number of hydrogen-bond acceptors (Lipinski definition) is 4. The second-order valence-corrected chi connectivity index (χ2v) is 6.78. The van der Waals surface area contributed by atoms with E-state index in [4.69, 9.17) is 9.47 Å². The third-order valence-corrected chi connectivity index (χ3v) is 6.03. The van der Waals surface area contributed by atoms with Gasteiger partial charge in [0.2, 0.25) is 0 Å². The van der Waals surface area contributed by atoms with Crippen LogP contribution in [0.3, 0.4) is 0 Å². The van der Waals surface area contributed by atoms with Gasteiger partial charge in [-0.25, -0.2) is 0 Å². The maximum absolute atomic E-state index is 11.6. The molecule has 0 radical (unpaired) electrons. The average molecular weight is 289 g/mol. The van der Waals surface area contributed by atoms with Crippen molar-refractivity contribution in [2.45, 2.75) is 36.3 Å². The van der Waals surface area contributed by atoms with Crippen LogP contribution in [0.25, 0.3) is 0 Å². The fraction of sp³-hybridized carbons (Fsp3) is 0.647. The first-order chi connectivity index (χ1) is 10.1. The van der Waals surface area contributed by atoms with Crippen molar-refractivity contribution in [3.63, 3.8) is 0 Å². The Labute approximate surface area is 125 Å². The Morgan fingerprint density at radius 2 is 2.24 bits per heavy atom. The van der Waals surface area contributed by atoms with Gasteiger partial charge >= 0.3 is 0 Å². The van der Waals surface area contributed by atoms with Gasteiger partial charge in [0, 0.05) is 19.1 Å². The molecular weight excluding hydrogens is 266 g/mol. The van der Waals surface area contributed by atoms with Gasteiger partial charge in [0.05, 0.1) is 24.7 Å². The normalized spacial score (nSPS) is 38.5. The van der Waals surface area contributed by atoms with E-state index < -0.39 is 5.60 Å². The maximum Gasteiger partial charge on any atom is 0.119 e. The molecule has 3 aliphatic rings. The summed E-state index contributed by atoms with van der Waals surface area (Å²) in [4.78, 5) is 2.33. The highest BCUT2D eigenvalue weighted by Gasteiger charge is 2.63. The number of benzene rings is 1. The molecule has 1 aromatic rings. The van der Waals surface area contributed by atoms with Gasteiger partial charge in [0.1, 0.15) is 5.75 Å².